The third-order valence-electron chi connectivity index (χ3n) is 2.36. The molecule has 17 heavy (non-hydrogen) atoms. The standard InChI is InChI=1S/C13H16ClNO2/c1-2-7-15(8-9-16)13(17)12-5-3-11(10-14)4-6-12/h2-6,16H,1,7-10H2. The lowest BCUT2D eigenvalue weighted by molar-refractivity contribution is 0.0743. The maximum Gasteiger partial charge on any atom is 0.254 e. The Labute approximate surface area is 106 Å². The van der Waals surface area contributed by atoms with Crippen molar-refractivity contribution in [1.82, 2.24) is 4.90 Å². The summed E-state index contributed by atoms with van der Waals surface area (Å²) in [5, 5.41) is 8.90. The molecule has 0 heterocycles. The predicted octanol–water partition coefficient (Wildman–Crippen LogP) is 2.05. The van der Waals surface area contributed by atoms with Crippen molar-refractivity contribution in [1.29, 1.82) is 0 Å². The summed E-state index contributed by atoms with van der Waals surface area (Å²) >= 11 is 5.68. The van der Waals surface area contributed by atoms with Crippen LogP contribution in [0, 0.1) is 0 Å². The maximum atomic E-state index is 12.1. The van der Waals surface area contributed by atoms with Gasteiger partial charge in [0.05, 0.1) is 6.61 Å². The van der Waals surface area contributed by atoms with Crippen LogP contribution in [0.25, 0.3) is 0 Å². The molecule has 0 atom stereocenters. The summed E-state index contributed by atoms with van der Waals surface area (Å²) in [5.74, 6) is 0.321. The highest BCUT2D eigenvalue weighted by Gasteiger charge is 2.13. The summed E-state index contributed by atoms with van der Waals surface area (Å²) in [4.78, 5) is 13.6. The molecule has 1 N–H and O–H groups in total. The zero-order chi connectivity index (χ0) is 12.7. The molecule has 92 valence electrons. The van der Waals surface area contributed by atoms with Crippen molar-refractivity contribution in [3.63, 3.8) is 0 Å². The highest BCUT2D eigenvalue weighted by Crippen LogP contribution is 2.09. The minimum Gasteiger partial charge on any atom is -0.395 e. The molecule has 3 nitrogen and oxygen atoms in total. The van der Waals surface area contributed by atoms with Gasteiger partial charge in [-0.05, 0) is 17.7 Å². The van der Waals surface area contributed by atoms with Crippen LogP contribution in [-0.2, 0) is 5.88 Å². The van der Waals surface area contributed by atoms with Gasteiger partial charge in [-0.15, -0.1) is 18.2 Å². The number of rotatable bonds is 6. The van der Waals surface area contributed by atoms with Gasteiger partial charge in [-0.25, -0.2) is 0 Å². The van der Waals surface area contributed by atoms with E-state index in [1.165, 1.54) is 0 Å². The summed E-state index contributed by atoms with van der Waals surface area (Å²) in [6.07, 6.45) is 1.64. The molecule has 1 aromatic rings. The van der Waals surface area contributed by atoms with Crippen molar-refractivity contribution >= 4 is 17.5 Å². The van der Waals surface area contributed by atoms with Crippen LogP contribution in [0.5, 0.6) is 0 Å². The van der Waals surface area contributed by atoms with E-state index in [4.69, 9.17) is 16.7 Å². The largest absolute Gasteiger partial charge is 0.395 e. The number of carbonyl (C=O) groups is 1. The molecule has 1 rings (SSSR count). The fraction of sp³-hybridized carbons (Fsp3) is 0.308. The van der Waals surface area contributed by atoms with Crippen LogP contribution in [-0.4, -0.2) is 35.6 Å². The number of halogens is 1. The zero-order valence-electron chi connectivity index (χ0n) is 9.60. The summed E-state index contributed by atoms with van der Waals surface area (Å²) < 4.78 is 0. The van der Waals surface area contributed by atoms with Gasteiger partial charge in [0.2, 0.25) is 0 Å². The van der Waals surface area contributed by atoms with Crippen LogP contribution in [0.15, 0.2) is 36.9 Å². The highest BCUT2D eigenvalue weighted by atomic mass is 35.5. The summed E-state index contributed by atoms with van der Waals surface area (Å²) in [5.41, 5.74) is 1.56. The first-order valence-corrected chi connectivity index (χ1v) is 5.92. The van der Waals surface area contributed by atoms with Crippen LogP contribution in [0.2, 0.25) is 0 Å². The molecule has 4 heteroatoms. The topological polar surface area (TPSA) is 40.5 Å². The van der Waals surface area contributed by atoms with Crippen LogP contribution < -0.4 is 0 Å². The molecule has 0 saturated heterocycles. The molecule has 0 aliphatic carbocycles. The van der Waals surface area contributed by atoms with Crippen molar-refractivity contribution in [2.75, 3.05) is 19.7 Å². The number of amides is 1. The molecule has 1 aromatic carbocycles. The van der Waals surface area contributed by atoms with Gasteiger partial charge in [-0.1, -0.05) is 18.2 Å². The minimum atomic E-state index is -0.111. The van der Waals surface area contributed by atoms with Crippen LogP contribution in [0.3, 0.4) is 0 Å². The number of carbonyl (C=O) groups excluding carboxylic acids is 1. The van der Waals surface area contributed by atoms with Gasteiger partial charge < -0.3 is 10.0 Å². The molecule has 0 fully saturated rings. The second-order valence-electron chi connectivity index (χ2n) is 3.59. The number of alkyl halides is 1. The number of aliphatic hydroxyl groups excluding tert-OH is 1. The second-order valence-corrected chi connectivity index (χ2v) is 3.86. The molecule has 0 unspecified atom stereocenters. The Morgan fingerprint density at radius 1 is 1.41 bits per heavy atom. The number of hydrogen-bond acceptors (Lipinski definition) is 2. The number of nitrogens with zero attached hydrogens (tertiary/aromatic N) is 1. The molecule has 0 aliphatic heterocycles. The third kappa shape index (κ3) is 3.88. The van der Waals surface area contributed by atoms with Crippen molar-refractivity contribution < 1.29 is 9.90 Å². The van der Waals surface area contributed by atoms with Crippen molar-refractivity contribution in [2.24, 2.45) is 0 Å². The van der Waals surface area contributed by atoms with E-state index in [0.29, 0.717) is 24.5 Å². The fourth-order valence-corrected chi connectivity index (χ4v) is 1.65. The van der Waals surface area contributed by atoms with E-state index in [0.717, 1.165) is 5.56 Å². The minimum absolute atomic E-state index is 0.0562. The summed E-state index contributed by atoms with van der Waals surface area (Å²) in [6, 6.07) is 7.14. The third-order valence-corrected chi connectivity index (χ3v) is 2.67. The lowest BCUT2D eigenvalue weighted by Crippen LogP contribution is -2.33. The van der Waals surface area contributed by atoms with E-state index in [1.807, 2.05) is 12.1 Å². The molecular weight excluding hydrogens is 238 g/mol. The normalized spacial score (nSPS) is 10.0. The van der Waals surface area contributed by atoms with E-state index in [1.54, 1.807) is 23.1 Å². The molecule has 0 spiro atoms. The van der Waals surface area contributed by atoms with Crippen LogP contribution in [0.4, 0.5) is 0 Å². The van der Waals surface area contributed by atoms with Crippen molar-refractivity contribution in [3.05, 3.63) is 48.0 Å². The monoisotopic (exact) mass is 253 g/mol. The van der Waals surface area contributed by atoms with Gasteiger partial charge in [0.25, 0.3) is 5.91 Å². The Bertz CT molecular complexity index is 376. The van der Waals surface area contributed by atoms with Crippen molar-refractivity contribution in [2.45, 2.75) is 5.88 Å². The first-order chi connectivity index (χ1) is 8.22. The molecule has 0 aliphatic rings. The molecular formula is C13H16ClNO2. The Morgan fingerprint density at radius 3 is 2.53 bits per heavy atom. The van der Waals surface area contributed by atoms with E-state index in [-0.39, 0.29) is 12.5 Å². The SMILES string of the molecule is C=CCN(CCO)C(=O)c1ccc(CCl)cc1. The first kappa shape index (κ1) is 13.7. The Morgan fingerprint density at radius 2 is 2.06 bits per heavy atom. The lowest BCUT2D eigenvalue weighted by atomic mass is 10.1. The van der Waals surface area contributed by atoms with Crippen LogP contribution in [0.1, 0.15) is 15.9 Å². The predicted molar refractivity (Wildman–Crippen MR) is 69.2 cm³/mol. The first-order valence-electron chi connectivity index (χ1n) is 5.39. The fourth-order valence-electron chi connectivity index (χ4n) is 1.47. The lowest BCUT2D eigenvalue weighted by Gasteiger charge is -2.20. The quantitative estimate of drug-likeness (QED) is 0.623. The number of aliphatic hydroxyl groups is 1. The van der Waals surface area contributed by atoms with Gasteiger partial charge in [-0.2, -0.15) is 0 Å². The molecule has 1 amide bonds. The number of benzene rings is 1. The summed E-state index contributed by atoms with van der Waals surface area (Å²) in [6.45, 7) is 4.27. The average molecular weight is 254 g/mol. The highest BCUT2D eigenvalue weighted by molar-refractivity contribution is 6.17. The van der Waals surface area contributed by atoms with Gasteiger partial charge in [0.1, 0.15) is 0 Å². The van der Waals surface area contributed by atoms with Gasteiger partial charge in [0, 0.05) is 24.5 Å². The van der Waals surface area contributed by atoms with E-state index in [2.05, 4.69) is 6.58 Å². The Hall–Kier alpha value is -1.32. The molecule has 0 aromatic heterocycles. The average Bonchev–Trinajstić information content (AvgIpc) is 2.38. The smallest absolute Gasteiger partial charge is 0.254 e. The maximum absolute atomic E-state index is 12.1. The van der Waals surface area contributed by atoms with E-state index < -0.39 is 0 Å². The Balaban J connectivity index is 2.80. The van der Waals surface area contributed by atoms with Crippen molar-refractivity contribution in [3.8, 4) is 0 Å². The summed E-state index contributed by atoms with van der Waals surface area (Å²) in [7, 11) is 0. The number of hydrogen-bond donors (Lipinski definition) is 1. The molecule has 0 bridgehead atoms. The van der Waals surface area contributed by atoms with Gasteiger partial charge >= 0.3 is 0 Å². The molecule has 0 saturated carbocycles. The Kier molecular flexibility index (Phi) is 5.73. The van der Waals surface area contributed by atoms with Gasteiger partial charge in [-0.3, -0.25) is 4.79 Å². The van der Waals surface area contributed by atoms with Crippen LogP contribution >= 0.6 is 11.6 Å². The van der Waals surface area contributed by atoms with E-state index >= 15 is 0 Å². The zero-order valence-corrected chi connectivity index (χ0v) is 10.4. The second kappa shape index (κ2) is 7.09. The van der Waals surface area contributed by atoms with Gasteiger partial charge in [0.15, 0.2) is 0 Å². The van der Waals surface area contributed by atoms with E-state index in [9.17, 15) is 4.79 Å². The molecule has 0 radical (unpaired) electrons.